The second-order valence-corrected chi connectivity index (χ2v) is 8.67. The average molecular weight is 337 g/mol. The summed E-state index contributed by atoms with van der Waals surface area (Å²) < 4.78 is 0. The van der Waals surface area contributed by atoms with Crippen molar-refractivity contribution in [2.24, 2.45) is 0 Å². The maximum Gasteiger partial charge on any atom is 0.0430 e. The van der Waals surface area contributed by atoms with Gasteiger partial charge < -0.3 is 0 Å². The van der Waals surface area contributed by atoms with Crippen LogP contribution >= 0.6 is 11.6 Å². The topological polar surface area (TPSA) is 0 Å². The smallest absolute Gasteiger partial charge is 0.0430 e. The van der Waals surface area contributed by atoms with Gasteiger partial charge in [0.1, 0.15) is 0 Å². The van der Waals surface area contributed by atoms with Gasteiger partial charge in [-0.05, 0) is 44.2 Å². The molecule has 0 nitrogen and oxygen atoms in total. The molecule has 0 bridgehead atoms. The number of hydrogen-bond donors (Lipinski definition) is 0. The van der Waals surface area contributed by atoms with E-state index in [4.69, 9.17) is 11.6 Å². The largest absolute Gasteiger partial charge is 0.120 e. The first-order chi connectivity index (χ1) is 11.0. The molecule has 0 heterocycles. The van der Waals surface area contributed by atoms with Gasteiger partial charge in [0.2, 0.25) is 0 Å². The summed E-state index contributed by atoms with van der Waals surface area (Å²) in [6.45, 7) is 6.44. The first kappa shape index (κ1) is 20.6. The summed E-state index contributed by atoms with van der Waals surface area (Å²) in [5.74, 6) is 0. The summed E-state index contributed by atoms with van der Waals surface area (Å²) in [5.41, 5.74) is 2.82. The Labute approximate surface area is 150 Å². The summed E-state index contributed by atoms with van der Waals surface area (Å²) in [4.78, 5) is -0.141. The molecule has 23 heavy (non-hydrogen) atoms. The Morgan fingerprint density at radius 3 is 1.61 bits per heavy atom. The quantitative estimate of drug-likeness (QED) is 0.255. The monoisotopic (exact) mass is 336 g/mol. The molecule has 0 fully saturated rings. The predicted octanol–water partition coefficient (Wildman–Crippen LogP) is 7.71. The lowest BCUT2D eigenvalue weighted by atomic mass is 9.99. The van der Waals surface area contributed by atoms with Gasteiger partial charge in [0.05, 0.1) is 0 Å². The SMILES string of the molecule is CCCCCCCCCCCCc1ccc(CC(C)(C)Cl)cc1. The minimum Gasteiger partial charge on any atom is -0.120 e. The van der Waals surface area contributed by atoms with E-state index in [9.17, 15) is 0 Å². The van der Waals surface area contributed by atoms with Crippen molar-refractivity contribution in [1.29, 1.82) is 0 Å². The third-order valence-corrected chi connectivity index (χ3v) is 4.60. The summed E-state index contributed by atoms with van der Waals surface area (Å²) in [5, 5.41) is 0. The fourth-order valence-electron chi connectivity index (χ4n) is 3.13. The van der Waals surface area contributed by atoms with Crippen LogP contribution in [0.3, 0.4) is 0 Å². The Balaban J connectivity index is 2.03. The third kappa shape index (κ3) is 11.7. The van der Waals surface area contributed by atoms with E-state index in [1.54, 1.807) is 0 Å². The zero-order valence-electron chi connectivity index (χ0n) is 15.7. The molecule has 0 saturated carbocycles. The maximum absolute atomic E-state index is 6.29. The van der Waals surface area contributed by atoms with E-state index in [0.29, 0.717) is 0 Å². The highest BCUT2D eigenvalue weighted by Gasteiger charge is 2.13. The Kier molecular flexibility index (Phi) is 10.7. The molecule has 0 N–H and O–H groups in total. The number of unbranched alkanes of at least 4 members (excludes halogenated alkanes) is 9. The second-order valence-electron chi connectivity index (χ2n) is 7.64. The Bertz CT molecular complexity index is 385. The molecule has 0 unspecified atom stereocenters. The molecular formula is C22H37Cl. The van der Waals surface area contributed by atoms with Crippen LogP contribution in [0.25, 0.3) is 0 Å². The van der Waals surface area contributed by atoms with E-state index >= 15 is 0 Å². The lowest BCUT2D eigenvalue weighted by Crippen LogP contribution is -2.13. The van der Waals surface area contributed by atoms with Crippen molar-refractivity contribution in [2.45, 2.75) is 103 Å². The van der Waals surface area contributed by atoms with Crippen LogP contribution in [0.4, 0.5) is 0 Å². The van der Waals surface area contributed by atoms with Crippen LogP contribution in [0.5, 0.6) is 0 Å². The Morgan fingerprint density at radius 1 is 0.696 bits per heavy atom. The van der Waals surface area contributed by atoms with Crippen LogP contribution < -0.4 is 0 Å². The van der Waals surface area contributed by atoms with Crippen LogP contribution in [0.1, 0.15) is 96.1 Å². The molecule has 1 aromatic rings. The van der Waals surface area contributed by atoms with Crippen LogP contribution in [0.2, 0.25) is 0 Å². The van der Waals surface area contributed by atoms with E-state index in [1.165, 1.54) is 81.8 Å². The highest BCUT2D eigenvalue weighted by Crippen LogP contribution is 2.20. The number of benzene rings is 1. The Morgan fingerprint density at radius 2 is 1.13 bits per heavy atom. The minimum atomic E-state index is -0.141. The second kappa shape index (κ2) is 12.0. The predicted molar refractivity (Wildman–Crippen MR) is 106 cm³/mol. The zero-order valence-corrected chi connectivity index (χ0v) is 16.4. The highest BCUT2D eigenvalue weighted by molar-refractivity contribution is 6.23. The van der Waals surface area contributed by atoms with Crippen molar-refractivity contribution in [1.82, 2.24) is 0 Å². The molecule has 0 aliphatic carbocycles. The van der Waals surface area contributed by atoms with Crippen LogP contribution in [0.15, 0.2) is 24.3 Å². The van der Waals surface area contributed by atoms with Gasteiger partial charge in [-0.2, -0.15) is 0 Å². The molecule has 1 heteroatoms. The summed E-state index contributed by atoms with van der Waals surface area (Å²) in [6.07, 6.45) is 16.2. The standard InChI is InChI=1S/C22H37Cl/c1-4-5-6-7-8-9-10-11-12-13-14-20-15-17-21(18-16-20)19-22(2,3)23/h15-18H,4-14,19H2,1-3H3. The molecule has 1 rings (SSSR count). The van der Waals surface area contributed by atoms with E-state index in [0.717, 1.165) is 6.42 Å². The number of aryl methyl sites for hydroxylation is 1. The van der Waals surface area contributed by atoms with Gasteiger partial charge in [-0.1, -0.05) is 89.0 Å². The van der Waals surface area contributed by atoms with Crippen LogP contribution in [-0.4, -0.2) is 4.87 Å². The fraction of sp³-hybridized carbons (Fsp3) is 0.727. The van der Waals surface area contributed by atoms with E-state index in [2.05, 4.69) is 45.0 Å². The van der Waals surface area contributed by atoms with Gasteiger partial charge in [0.15, 0.2) is 0 Å². The maximum atomic E-state index is 6.29. The molecule has 132 valence electrons. The number of rotatable bonds is 13. The van der Waals surface area contributed by atoms with Gasteiger partial charge in [-0.3, -0.25) is 0 Å². The van der Waals surface area contributed by atoms with Crippen molar-refractivity contribution in [3.63, 3.8) is 0 Å². The van der Waals surface area contributed by atoms with E-state index in [1.807, 2.05) is 0 Å². The van der Waals surface area contributed by atoms with Gasteiger partial charge in [-0.25, -0.2) is 0 Å². The third-order valence-electron chi connectivity index (χ3n) is 4.47. The molecule has 0 aliphatic heterocycles. The van der Waals surface area contributed by atoms with Gasteiger partial charge in [0, 0.05) is 4.87 Å². The first-order valence-electron chi connectivity index (χ1n) is 9.78. The molecule has 0 atom stereocenters. The first-order valence-corrected chi connectivity index (χ1v) is 10.2. The summed E-state index contributed by atoms with van der Waals surface area (Å²) >= 11 is 6.29. The lowest BCUT2D eigenvalue weighted by molar-refractivity contribution is 0.556. The summed E-state index contributed by atoms with van der Waals surface area (Å²) in [6, 6.07) is 9.06. The average Bonchev–Trinajstić information content (AvgIpc) is 2.49. The fourth-order valence-corrected chi connectivity index (χ4v) is 3.28. The molecule has 1 aromatic carbocycles. The lowest BCUT2D eigenvalue weighted by Gasteiger charge is -2.15. The van der Waals surface area contributed by atoms with Gasteiger partial charge in [0.25, 0.3) is 0 Å². The molecule has 0 amide bonds. The molecule has 0 aromatic heterocycles. The number of hydrogen-bond acceptors (Lipinski definition) is 0. The molecule has 0 radical (unpaired) electrons. The normalized spacial score (nSPS) is 11.8. The zero-order chi connectivity index (χ0) is 17.0. The van der Waals surface area contributed by atoms with E-state index < -0.39 is 0 Å². The molecule has 0 spiro atoms. The van der Waals surface area contributed by atoms with Crippen molar-refractivity contribution in [3.05, 3.63) is 35.4 Å². The highest BCUT2D eigenvalue weighted by atomic mass is 35.5. The van der Waals surface area contributed by atoms with Crippen LogP contribution in [-0.2, 0) is 12.8 Å². The number of alkyl halides is 1. The van der Waals surface area contributed by atoms with Crippen molar-refractivity contribution in [2.75, 3.05) is 0 Å². The van der Waals surface area contributed by atoms with E-state index in [-0.39, 0.29) is 4.87 Å². The summed E-state index contributed by atoms with van der Waals surface area (Å²) in [7, 11) is 0. The molecule has 0 saturated heterocycles. The molecular weight excluding hydrogens is 300 g/mol. The molecule has 0 aliphatic rings. The number of halogens is 1. The Hall–Kier alpha value is -0.490. The van der Waals surface area contributed by atoms with Crippen molar-refractivity contribution >= 4 is 11.6 Å². The van der Waals surface area contributed by atoms with Crippen molar-refractivity contribution in [3.8, 4) is 0 Å². The minimum absolute atomic E-state index is 0.141. The van der Waals surface area contributed by atoms with Gasteiger partial charge >= 0.3 is 0 Å². The van der Waals surface area contributed by atoms with Crippen molar-refractivity contribution < 1.29 is 0 Å². The van der Waals surface area contributed by atoms with Crippen LogP contribution in [0, 0.1) is 0 Å². The van der Waals surface area contributed by atoms with Gasteiger partial charge in [-0.15, -0.1) is 11.6 Å².